The van der Waals surface area contributed by atoms with Gasteiger partial charge in [0.2, 0.25) is 11.8 Å². The molecule has 1 saturated heterocycles. The average molecular weight is 405 g/mol. The highest BCUT2D eigenvalue weighted by Crippen LogP contribution is 2.30. The van der Waals surface area contributed by atoms with Crippen molar-refractivity contribution in [2.45, 2.75) is 44.6 Å². The van der Waals surface area contributed by atoms with Gasteiger partial charge in [0, 0.05) is 29.5 Å². The van der Waals surface area contributed by atoms with E-state index in [-0.39, 0.29) is 18.2 Å². The summed E-state index contributed by atoms with van der Waals surface area (Å²) in [6, 6.07) is 16.8. The zero-order valence-electron chi connectivity index (χ0n) is 16.9. The summed E-state index contributed by atoms with van der Waals surface area (Å²) in [7, 11) is 0. The maximum atomic E-state index is 12.6. The minimum Gasteiger partial charge on any atom is -0.356 e. The Morgan fingerprint density at radius 2 is 1.47 bits per heavy atom. The number of ketones is 1. The molecule has 6 nitrogen and oxygen atoms in total. The van der Waals surface area contributed by atoms with Gasteiger partial charge in [-0.3, -0.25) is 14.4 Å². The summed E-state index contributed by atoms with van der Waals surface area (Å²) >= 11 is 0. The summed E-state index contributed by atoms with van der Waals surface area (Å²) in [5.74, 6) is -2.24. The van der Waals surface area contributed by atoms with Gasteiger partial charge in [0.05, 0.1) is 0 Å². The fraction of sp³-hybridized carbons (Fsp3) is 0.375. The number of hydrogen-bond donors (Lipinski definition) is 3. The molecule has 0 bridgehead atoms. The number of piperidine rings is 1. The van der Waals surface area contributed by atoms with Crippen LogP contribution in [0.4, 0.5) is 17.1 Å². The van der Waals surface area contributed by atoms with Crippen molar-refractivity contribution in [3.63, 3.8) is 0 Å². The predicted octanol–water partition coefficient (Wildman–Crippen LogP) is 4.02. The van der Waals surface area contributed by atoms with E-state index in [0.717, 1.165) is 37.1 Å². The maximum Gasteiger partial charge on any atom is 0.244 e. The second kappa shape index (κ2) is 9.11. The molecule has 2 atom stereocenters. The summed E-state index contributed by atoms with van der Waals surface area (Å²) in [6.45, 7) is 0. The highest BCUT2D eigenvalue weighted by molar-refractivity contribution is 6.22. The van der Waals surface area contributed by atoms with Gasteiger partial charge in [0.15, 0.2) is 11.7 Å². The number of Topliss-reactive ketones (excluding diaryl/α,β-unsaturated/α-hetero) is 1. The molecule has 0 spiro atoms. The van der Waals surface area contributed by atoms with Crippen molar-refractivity contribution < 1.29 is 14.4 Å². The molecule has 1 aliphatic heterocycles. The standard InChI is InChI=1S/C24H27N3O3/c28-21-15-20(16-7-3-1-4-8-16)27-24(30)22(21)23(29)26-19-13-11-18(12-14-19)25-17-9-5-2-6-10-17/h2,5-6,9-14,16,20,22,25H,1,3-4,7-8,15H2,(H,26,29)(H,27,30). The lowest BCUT2D eigenvalue weighted by Crippen LogP contribution is -2.55. The van der Waals surface area contributed by atoms with Gasteiger partial charge in [-0.15, -0.1) is 0 Å². The Labute approximate surface area is 176 Å². The first-order valence-corrected chi connectivity index (χ1v) is 10.7. The smallest absolute Gasteiger partial charge is 0.244 e. The molecule has 2 aromatic carbocycles. The van der Waals surface area contributed by atoms with Crippen molar-refractivity contribution in [2.75, 3.05) is 10.6 Å². The molecule has 2 aromatic rings. The number of para-hydroxylation sites is 1. The number of amides is 2. The first-order chi connectivity index (χ1) is 14.6. The number of carbonyl (C=O) groups is 3. The third kappa shape index (κ3) is 4.70. The lowest BCUT2D eigenvalue weighted by molar-refractivity contribution is -0.143. The summed E-state index contributed by atoms with van der Waals surface area (Å²) in [4.78, 5) is 37.8. The Balaban J connectivity index is 1.35. The molecule has 30 heavy (non-hydrogen) atoms. The number of hydrogen-bond acceptors (Lipinski definition) is 4. The van der Waals surface area contributed by atoms with E-state index in [9.17, 15) is 14.4 Å². The molecule has 3 N–H and O–H groups in total. The fourth-order valence-electron chi connectivity index (χ4n) is 4.42. The van der Waals surface area contributed by atoms with Crippen LogP contribution >= 0.6 is 0 Å². The Kier molecular flexibility index (Phi) is 6.12. The van der Waals surface area contributed by atoms with Gasteiger partial charge in [-0.2, -0.15) is 0 Å². The summed E-state index contributed by atoms with van der Waals surface area (Å²) in [5, 5.41) is 8.92. The first-order valence-electron chi connectivity index (χ1n) is 10.7. The van der Waals surface area contributed by atoms with Crippen LogP contribution in [0.15, 0.2) is 54.6 Å². The number of nitrogens with one attached hydrogen (secondary N) is 3. The van der Waals surface area contributed by atoms with Gasteiger partial charge < -0.3 is 16.0 Å². The molecule has 1 saturated carbocycles. The van der Waals surface area contributed by atoms with Crippen molar-refractivity contribution in [1.82, 2.24) is 5.32 Å². The van der Waals surface area contributed by atoms with Crippen LogP contribution in [0.5, 0.6) is 0 Å². The van der Waals surface area contributed by atoms with Gasteiger partial charge in [0.25, 0.3) is 0 Å². The second-order valence-electron chi connectivity index (χ2n) is 8.17. The van der Waals surface area contributed by atoms with E-state index in [1.807, 2.05) is 42.5 Å². The van der Waals surface area contributed by atoms with E-state index in [2.05, 4.69) is 16.0 Å². The largest absolute Gasteiger partial charge is 0.356 e. The molecule has 156 valence electrons. The molecule has 1 heterocycles. The average Bonchev–Trinajstić information content (AvgIpc) is 2.76. The van der Waals surface area contributed by atoms with Crippen molar-refractivity contribution >= 4 is 34.7 Å². The number of anilines is 3. The van der Waals surface area contributed by atoms with E-state index in [4.69, 9.17) is 0 Å². The van der Waals surface area contributed by atoms with Crippen LogP contribution in [0.1, 0.15) is 38.5 Å². The summed E-state index contributed by atoms with van der Waals surface area (Å²) < 4.78 is 0. The number of carbonyl (C=O) groups excluding carboxylic acids is 3. The molecule has 2 fully saturated rings. The predicted molar refractivity (Wildman–Crippen MR) is 116 cm³/mol. The normalized spacial score (nSPS) is 22.3. The molecule has 4 rings (SSSR count). The van der Waals surface area contributed by atoms with Crippen LogP contribution < -0.4 is 16.0 Å². The van der Waals surface area contributed by atoms with Gasteiger partial charge in [-0.05, 0) is 55.2 Å². The third-order valence-corrected chi connectivity index (χ3v) is 6.03. The van der Waals surface area contributed by atoms with Crippen molar-refractivity contribution in [2.24, 2.45) is 11.8 Å². The molecule has 0 radical (unpaired) electrons. The van der Waals surface area contributed by atoms with E-state index >= 15 is 0 Å². The van der Waals surface area contributed by atoms with Crippen LogP contribution in [0, 0.1) is 11.8 Å². The molecule has 1 aliphatic carbocycles. The van der Waals surface area contributed by atoms with Crippen LogP contribution in [0.3, 0.4) is 0 Å². The first kappa shape index (κ1) is 20.1. The lowest BCUT2D eigenvalue weighted by Gasteiger charge is -2.35. The molecule has 2 aliphatic rings. The Hall–Kier alpha value is -3.15. The van der Waals surface area contributed by atoms with Crippen LogP contribution in [0.2, 0.25) is 0 Å². The van der Waals surface area contributed by atoms with E-state index < -0.39 is 17.7 Å². The van der Waals surface area contributed by atoms with Crippen LogP contribution in [-0.2, 0) is 14.4 Å². The highest BCUT2D eigenvalue weighted by atomic mass is 16.2. The molecule has 0 aromatic heterocycles. The van der Waals surface area contributed by atoms with E-state index in [1.54, 1.807) is 12.1 Å². The van der Waals surface area contributed by atoms with Crippen molar-refractivity contribution in [3.05, 3.63) is 54.6 Å². The molecular weight excluding hydrogens is 378 g/mol. The van der Waals surface area contributed by atoms with E-state index in [0.29, 0.717) is 11.6 Å². The SMILES string of the molecule is O=C1CC(C2CCCCC2)NC(=O)C1C(=O)Nc1ccc(Nc2ccccc2)cc1. The van der Waals surface area contributed by atoms with Gasteiger partial charge in [-0.1, -0.05) is 37.5 Å². The zero-order valence-corrected chi connectivity index (χ0v) is 16.9. The molecule has 6 heteroatoms. The summed E-state index contributed by atoms with van der Waals surface area (Å²) in [6.07, 6.45) is 5.83. The third-order valence-electron chi connectivity index (χ3n) is 6.03. The van der Waals surface area contributed by atoms with Crippen LogP contribution in [0.25, 0.3) is 0 Å². The molecular formula is C24H27N3O3. The minimum absolute atomic E-state index is 0.127. The Morgan fingerprint density at radius 3 is 2.13 bits per heavy atom. The Morgan fingerprint density at radius 1 is 0.833 bits per heavy atom. The monoisotopic (exact) mass is 405 g/mol. The summed E-state index contributed by atoms with van der Waals surface area (Å²) in [5.41, 5.74) is 2.39. The maximum absolute atomic E-state index is 12.6. The molecule has 2 unspecified atom stereocenters. The minimum atomic E-state index is -1.27. The number of rotatable bonds is 5. The van der Waals surface area contributed by atoms with Gasteiger partial charge in [0.1, 0.15) is 0 Å². The topological polar surface area (TPSA) is 87.3 Å². The van der Waals surface area contributed by atoms with Gasteiger partial charge >= 0.3 is 0 Å². The highest BCUT2D eigenvalue weighted by Gasteiger charge is 2.42. The second-order valence-corrected chi connectivity index (χ2v) is 8.17. The van der Waals surface area contributed by atoms with E-state index in [1.165, 1.54) is 6.42 Å². The quantitative estimate of drug-likeness (QED) is 0.656. The van der Waals surface area contributed by atoms with Crippen LogP contribution in [-0.4, -0.2) is 23.6 Å². The number of benzene rings is 2. The van der Waals surface area contributed by atoms with Gasteiger partial charge in [-0.25, -0.2) is 0 Å². The fourth-order valence-corrected chi connectivity index (χ4v) is 4.42. The van der Waals surface area contributed by atoms with Crippen molar-refractivity contribution in [3.8, 4) is 0 Å². The van der Waals surface area contributed by atoms with Crippen molar-refractivity contribution in [1.29, 1.82) is 0 Å². The molecule has 2 amide bonds. The zero-order chi connectivity index (χ0) is 20.9. The Bertz CT molecular complexity index is 887. The lowest BCUT2D eigenvalue weighted by atomic mass is 9.78.